The molecule has 0 aliphatic carbocycles. The van der Waals surface area contributed by atoms with E-state index in [-0.39, 0.29) is 0 Å². The van der Waals surface area contributed by atoms with Crippen LogP contribution in [0.2, 0.25) is 0 Å². The van der Waals surface area contributed by atoms with Crippen LogP contribution >= 0.6 is 27.7 Å². The van der Waals surface area contributed by atoms with Gasteiger partial charge in [-0.05, 0) is 36.6 Å². The normalized spacial score (nSPS) is 11.0. The largest absolute Gasteiger partial charge is 0.232 e. The molecule has 1 aromatic heterocycles. The van der Waals surface area contributed by atoms with Gasteiger partial charge in [0, 0.05) is 9.86 Å². The third-order valence-electron chi connectivity index (χ3n) is 2.80. The number of thioether (sulfide) groups is 1. The molecule has 3 rings (SSSR count). The number of para-hydroxylation sites is 1. The third kappa shape index (κ3) is 1.95. The Balaban J connectivity index is 2.32. The molecule has 0 aliphatic heterocycles. The number of fused-ring (bicyclic) bond motifs is 1. The van der Waals surface area contributed by atoms with Crippen molar-refractivity contribution < 1.29 is 0 Å². The standard InChI is InChI=1S/C14H11BrN2S/c1-18-14-12-8-7-10(15)9-13(12)17(16-14)11-5-3-2-4-6-11/h2-9H,1H3. The molecule has 0 bridgehead atoms. The van der Waals surface area contributed by atoms with Crippen LogP contribution in [-0.2, 0) is 0 Å². The van der Waals surface area contributed by atoms with E-state index in [0.29, 0.717) is 0 Å². The van der Waals surface area contributed by atoms with Crippen molar-refractivity contribution in [2.45, 2.75) is 5.03 Å². The lowest BCUT2D eigenvalue weighted by Crippen LogP contribution is -1.95. The van der Waals surface area contributed by atoms with Gasteiger partial charge in [0.15, 0.2) is 0 Å². The summed E-state index contributed by atoms with van der Waals surface area (Å²) < 4.78 is 3.06. The highest BCUT2D eigenvalue weighted by Crippen LogP contribution is 2.29. The van der Waals surface area contributed by atoms with Crippen molar-refractivity contribution in [1.82, 2.24) is 9.78 Å². The molecule has 0 aliphatic rings. The summed E-state index contributed by atoms with van der Waals surface area (Å²) in [6.07, 6.45) is 2.05. The molecule has 0 amide bonds. The van der Waals surface area contributed by atoms with Gasteiger partial charge in [0.05, 0.1) is 11.2 Å². The minimum absolute atomic E-state index is 1.06. The van der Waals surface area contributed by atoms with Crippen LogP contribution in [0.4, 0.5) is 0 Å². The highest BCUT2D eigenvalue weighted by atomic mass is 79.9. The van der Waals surface area contributed by atoms with E-state index in [4.69, 9.17) is 0 Å². The summed E-state index contributed by atoms with van der Waals surface area (Å²) >= 11 is 5.19. The second kappa shape index (κ2) is 4.78. The van der Waals surface area contributed by atoms with Gasteiger partial charge in [-0.25, -0.2) is 4.68 Å². The number of hydrogen-bond donors (Lipinski definition) is 0. The lowest BCUT2D eigenvalue weighted by atomic mass is 10.2. The Morgan fingerprint density at radius 3 is 2.61 bits per heavy atom. The number of nitrogens with zero attached hydrogens (tertiary/aromatic N) is 2. The Kier molecular flexibility index (Phi) is 3.14. The predicted molar refractivity (Wildman–Crippen MR) is 80.6 cm³/mol. The first-order chi connectivity index (χ1) is 8.79. The molecule has 0 spiro atoms. The van der Waals surface area contributed by atoms with E-state index in [2.05, 4.69) is 57.6 Å². The van der Waals surface area contributed by atoms with Gasteiger partial charge in [-0.3, -0.25) is 0 Å². The van der Waals surface area contributed by atoms with Crippen molar-refractivity contribution >= 4 is 38.6 Å². The smallest absolute Gasteiger partial charge is 0.126 e. The molecule has 0 N–H and O–H groups in total. The topological polar surface area (TPSA) is 17.8 Å². The molecule has 0 saturated carbocycles. The van der Waals surface area contributed by atoms with Gasteiger partial charge in [0.25, 0.3) is 0 Å². The van der Waals surface area contributed by atoms with Crippen molar-refractivity contribution in [3.63, 3.8) is 0 Å². The molecule has 2 nitrogen and oxygen atoms in total. The van der Waals surface area contributed by atoms with E-state index >= 15 is 0 Å². The molecule has 0 saturated heterocycles. The van der Waals surface area contributed by atoms with Gasteiger partial charge >= 0.3 is 0 Å². The minimum Gasteiger partial charge on any atom is -0.232 e. The summed E-state index contributed by atoms with van der Waals surface area (Å²) in [5.41, 5.74) is 2.21. The Morgan fingerprint density at radius 2 is 1.89 bits per heavy atom. The quantitative estimate of drug-likeness (QED) is 0.647. The van der Waals surface area contributed by atoms with Crippen LogP contribution in [0.3, 0.4) is 0 Å². The van der Waals surface area contributed by atoms with Crippen molar-refractivity contribution in [3.05, 3.63) is 53.0 Å². The van der Waals surface area contributed by atoms with Gasteiger partial charge in [-0.15, -0.1) is 11.8 Å². The maximum atomic E-state index is 4.68. The van der Waals surface area contributed by atoms with Gasteiger partial charge in [-0.1, -0.05) is 34.1 Å². The second-order valence-corrected chi connectivity index (χ2v) is 5.63. The molecule has 0 fully saturated rings. The summed E-state index contributed by atoms with van der Waals surface area (Å²) in [7, 11) is 0. The summed E-state index contributed by atoms with van der Waals surface area (Å²) in [5.74, 6) is 0. The Bertz CT molecular complexity index is 692. The Hall–Kier alpha value is -1.26. The molecular formula is C14H11BrN2S. The molecule has 0 radical (unpaired) electrons. The highest BCUT2D eigenvalue weighted by Gasteiger charge is 2.11. The van der Waals surface area contributed by atoms with Crippen molar-refractivity contribution in [2.75, 3.05) is 6.26 Å². The summed E-state index contributed by atoms with van der Waals surface area (Å²) in [6, 6.07) is 16.5. The van der Waals surface area contributed by atoms with Crippen molar-refractivity contribution in [1.29, 1.82) is 0 Å². The van der Waals surface area contributed by atoms with Crippen LogP contribution < -0.4 is 0 Å². The zero-order chi connectivity index (χ0) is 12.5. The molecule has 0 unspecified atom stereocenters. The van der Waals surface area contributed by atoms with Crippen molar-refractivity contribution in [3.8, 4) is 5.69 Å². The van der Waals surface area contributed by atoms with Gasteiger partial charge < -0.3 is 0 Å². The van der Waals surface area contributed by atoms with Crippen LogP contribution in [0.1, 0.15) is 0 Å². The van der Waals surface area contributed by atoms with E-state index in [1.165, 1.54) is 5.39 Å². The lowest BCUT2D eigenvalue weighted by molar-refractivity contribution is 0.861. The first kappa shape index (κ1) is 11.8. The van der Waals surface area contributed by atoms with Gasteiger partial charge in [0.1, 0.15) is 5.03 Å². The third-order valence-corrected chi connectivity index (χ3v) is 3.98. The van der Waals surface area contributed by atoms with Crippen molar-refractivity contribution in [2.24, 2.45) is 0 Å². The maximum absolute atomic E-state index is 4.68. The first-order valence-electron chi connectivity index (χ1n) is 5.57. The summed E-state index contributed by atoms with van der Waals surface area (Å²) in [5, 5.41) is 6.92. The Morgan fingerprint density at radius 1 is 1.11 bits per heavy atom. The number of hydrogen-bond acceptors (Lipinski definition) is 2. The predicted octanol–water partition coefficient (Wildman–Crippen LogP) is 4.51. The molecule has 3 aromatic rings. The average Bonchev–Trinajstić information content (AvgIpc) is 2.77. The van der Waals surface area contributed by atoms with E-state index in [9.17, 15) is 0 Å². The van der Waals surface area contributed by atoms with Gasteiger partial charge in [-0.2, -0.15) is 5.10 Å². The van der Waals surface area contributed by atoms with Crippen LogP contribution in [0.15, 0.2) is 58.0 Å². The first-order valence-corrected chi connectivity index (χ1v) is 7.59. The molecule has 18 heavy (non-hydrogen) atoms. The molecular weight excluding hydrogens is 308 g/mol. The number of aromatic nitrogens is 2. The Labute approximate surface area is 118 Å². The fourth-order valence-corrected chi connectivity index (χ4v) is 2.88. The molecule has 90 valence electrons. The fraction of sp³-hybridized carbons (Fsp3) is 0.0714. The van der Waals surface area contributed by atoms with E-state index < -0.39 is 0 Å². The second-order valence-electron chi connectivity index (χ2n) is 3.92. The van der Waals surface area contributed by atoms with Crippen LogP contribution in [-0.4, -0.2) is 16.0 Å². The SMILES string of the molecule is CSc1nn(-c2ccccc2)c2cc(Br)ccc12. The zero-order valence-corrected chi connectivity index (χ0v) is 12.2. The summed E-state index contributed by atoms with van der Waals surface area (Å²) in [6.45, 7) is 0. The number of rotatable bonds is 2. The average molecular weight is 319 g/mol. The highest BCUT2D eigenvalue weighted by molar-refractivity contribution is 9.10. The molecule has 2 aromatic carbocycles. The van der Waals surface area contributed by atoms with E-state index in [1.807, 2.05) is 22.9 Å². The molecule has 4 heteroatoms. The number of halogens is 1. The monoisotopic (exact) mass is 318 g/mol. The van der Waals surface area contributed by atoms with Crippen LogP contribution in [0.25, 0.3) is 16.6 Å². The molecule has 0 atom stereocenters. The number of benzene rings is 2. The van der Waals surface area contributed by atoms with E-state index in [0.717, 1.165) is 20.7 Å². The maximum Gasteiger partial charge on any atom is 0.126 e. The van der Waals surface area contributed by atoms with Gasteiger partial charge in [0.2, 0.25) is 0 Å². The fourth-order valence-electron chi connectivity index (χ4n) is 1.98. The summed E-state index contributed by atoms with van der Waals surface area (Å²) in [4.78, 5) is 0. The zero-order valence-electron chi connectivity index (χ0n) is 9.80. The lowest BCUT2D eigenvalue weighted by Gasteiger charge is -2.02. The minimum atomic E-state index is 1.06. The van der Waals surface area contributed by atoms with Crippen LogP contribution in [0, 0.1) is 0 Å². The van der Waals surface area contributed by atoms with E-state index in [1.54, 1.807) is 11.8 Å². The molecule has 1 heterocycles. The van der Waals surface area contributed by atoms with Crippen LogP contribution in [0.5, 0.6) is 0 Å².